The van der Waals surface area contributed by atoms with Crippen molar-refractivity contribution in [2.75, 3.05) is 13.7 Å². The second-order valence-electron chi connectivity index (χ2n) is 6.66. The van der Waals surface area contributed by atoms with Gasteiger partial charge in [-0.05, 0) is 38.0 Å². The molecular formula is C15H29NO2. The van der Waals surface area contributed by atoms with Crippen LogP contribution in [0.3, 0.4) is 0 Å². The Morgan fingerprint density at radius 3 is 2.72 bits per heavy atom. The van der Waals surface area contributed by atoms with E-state index in [0.29, 0.717) is 23.6 Å². The Morgan fingerprint density at radius 1 is 1.33 bits per heavy atom. The van der Waals surface area contributed by atoms with Gasteiger partial charge in [0.15, 0.2) is 0 Å². The molecule has 0 radical (unpaired) electrons. The highest BCUT2D eigenvalue weighted by Crippen LogP contribution is 2.36. The van der Waals surface area contributed by atoms with Crippen LogP contribution in [0, 0.1) is 5.41 Å². The average Bonchev–Trinajstić information content (AvgIpc) is 2.26. The predicted molar refractivity (Wildman–Crippen MR) is 73.8 cm³/mol. The first-order valence-electron chi connectivity index (χ1n) is 7.46. The van der Waals surface area contributed by atoms with Crippen LogP contribution in [0.5, 0.6) is 0 Å². The average molecular weight is 255 g/mol. The van der Waals surface area contributed by atoms with Crippen molar-refractivity contribution >= 4 is 0 Å². The highest BCUT2D eigenvalue weighted by atomic mass is 16.5. The number of ether oxygens (including phenoxy) is 2. The minimum absolute atomic E-state index is 0.245. The number of nitrogens with one attached hydrogen (secondary N) is 1. The van der Waals surface area contributed by atoms with E-state index in [1.165, 1.54) is 25.7 Å². The largest absolute Gasteiger partial charge is 0.377 e. The van der Waals surface area contributed by atoms with E-state index in [2.05, 4.69) is 26.1 Å². The van der Waals surface area contributed by atoms with Gasteiger partial charge in [-0.25, -0.2) is 0 Å². The molecule has 0 saturated heterocycles. The van der Waals surface area contributed by atoms with Crippen LogP contribution in [0.15, 0.2) is 0 Å². The maximum atomic E-state index is 5.68. The van der Waals surface area contributed by atoms with Crippen LogP contribution in [-0.2, 0) is 9.47 Å². The topological polar surface area (TPSA) is 30.5 Å². The van der Waals surface area contributed by atoms with Gasteiger partial charge in [-0.1, -0.05) is 20.3 Å². The SMILES string of the molecule is CCOC1CC(NC2CCCC(C)(C)C2)C1OC. The zero-order valence-electron chi connectivity index (χ0n) is 12.4. The lowest BCUT2D eigenvalue weighted by Gasteiger charge is -2.47. The van der Waals surface area contributed by atoms with Crippen molar-refractivity contribution in [3.05, 3.63) is 0 Å². The van der Waals surface area contributed by atoms with Crippen molar-refractivity contribution in [1.82, 2.24) is 5.32 Å². The van der Waals surface area contributed by atoms with Crippen LogP contribution in [0.1, 0.15) is 52.9 Å². The molecule has 18 heavy (non-hydrogen) atoms. The molecule has 0 spiro atoms. The highest BCUT2D eigenvalue weighted by Gasteiger charge is 2.43. The van der Waals surface area contributed by atoms with E-state index in [1.54, 1.807) is 7.11 Å². The fraction of sp³-hybridized carbons (Fsp3) is 1.00. The summed E-state index contributed by atoms with van der Waals surface area (Å²) in [5.74, 6) is 0. The summed E-state index contributed by atoms with van der Waals surface area (Å²) in [5, 5.41) is 3.80. The zero-order valence-corrected chi connectivity index (χ0v) is 12.4. The van der Waals surface area contributed by atoms with Gasteiger partial charge in [-0.15, -0.1) is 0 Å². The summed E-state index contributed by atoms with van der Waals surface area (Å²) < 4.78 is 11.2. The van der Waals surface area contributed by atoms with Gasteiger partial charge in [0.1, 0.15) is 0 Å². The Kier molecular flexibility index (Phi) is 4.68. The molecule has 106 valence electrons. The molecule has 2 aliphatic carbocycles. The summed E-state index contributed by atoms with van der Waals surface area (Å²) >= 11 is 0. The highest BCUT2D eigenvalue weighted by molar-refractivity contribution is 4.99. The van der Waals surface area contributed by atoms with E-state index in [0.717, 1.165) is 13.0 Å². The first-order chi connectivity index (χ1) is 8.55. The molecule has 0 bridgehead atoms. The first kappa shape index (κ1) is 14.3. The molecule has 2 rings (SSSR count). The van der Waals surface area contributed by atoms with Gasteiger partial charge in [0, 0.05) is 25.8 Å². The standard InChI is InChI=1S/C15H29NO2/c1-5-18-13-9-12(14(13)17-4)16-11-7-6-8-15(2,3)10-11/h11-14,16H,5-10H2,1-4H3. The maximum Gasteiger partial charge on any atom is 0.0986 e. The van der Waals surface area contributed by atoms with Crippen molar-refractivity contribution < 1.29 is 9.47 Å². The fourth-order valence-electron chi connectivity index (χ4n) is 3.58. The molecule has 0 aromatic heterocycles. The van der Waals surface area contributed by atoms with Crippen LogP contribution < -0.4 is 5.32 Å². The Hall–Kier alpha value is -0.120. The Bertz CT molecular complexity index is 267. The molecule has 0 amide bonds. The predicted octanol–water partition coefficient (Wildman–Crippen LogP) is 2.74. The minimum atomic E-state index is 0.245. The van der Waals surface area contributed by atoms with Crippen LogP contribution in [0.2, 0.25) is 0 Å². The monoisotopic (exact) mass is 255 g/mol. The summed E-state index contributed by atoms with van der Waals surface area (Å²) in [6.45, 7) is 7.61. The van der Waals surface area contributed by atoms with Gasteiger partial charge in [-0.2, -0.15) is 0 Å². The van der Waals surface area contributed by atoms with Crippen LogP contribution in [-0.4, -0.2) is 38.0 Å². The summed E-state index contributed by atoms with van der Waals surface area (Å²) in [4.78, 5) is 0. The molecule has 2 fully saturated rings. The summed E-state index contributed by atoms with van der Waals surface area (Å²) in [7, 11) is 1.80. The minimum Gasteiger partial charge on any atom is -0.377 e. The molecule has 4 unspecified atom stereocenters. The second-order valence-corrected chi connectivity index (χ2v) is 6.66. The van der Waals surface area contributed by atoms with Gasteiger partial charge in [0.2, 0.25) is 0 Å². The fourth-order valence-corrected chi connectivity index (χ4v) is 3.58. The Morgan fingerprint density at radius 2 is 2.11 bits per heavy atom. The third-order valence-electron chi connectivity index (χ3n) is 4.56. The quantitative estimate of drug-likeness (QED) is 0.819. The van der Waals surface area contributed by atoms with E-state index in [9.17, 15) is 0 Å². The van der Waals surface area contributed by atoms with Crippen molar-refractivity contribution in [2.45, 2.75) is 77.2 Å². The molecule has 0 aliphatic heterocycles. The van der Waals surface area contributed by atoms with E-state index in [-0.39, 0.29) is 6.10 Å². The molecule has 0 aromatic rings. The van der Waals surface area contributed by atoms with Gasteiger partial charge < -0.3 is 14.8 Å². The molecule has 4 atom stereocenters. The molecule has 3 nitrogen and oxygen atoms in total. The Balaban J connectivity index is 1.80. The zero-order chi connectivity index (χ0) is 13.2. The van der Waals surface area contributed by atoms with Gasteiger partial charge in [0.05, 0.1) is 12.2 Å². The molecule has 3 heteroatoms. The van der Waals surface area contributed by atoms with E-state index < -0.39 is 0 Å². The molecule has 0 heterocycles. The van der Waals surface area contributed by atoms with Gasteiger partial charge in [0.25, 0.3) is 0 Å². The normalized spacial score (nSPS) is 39.3. The Labute approximate surface area is 112 Å². The third-order valence-corrected chi connectivity index (χ3v) is 4.56. The second kappa shape index (κ2) is 5.89. The molecule has 1 N–H and O–H groups in total. The lowest BCUT2D eigenvalue weighted by molar-refractivity contribution is -0.134. The van der Waals surface area contributed by atoms with Crippen LogP contribution >= 0.6 is 0 Å². The lowest BCUT2D eigenvalue weighted by atomic mass is 9.74. The smallest absolute Gasteiger partial charge is 0.0986 e. The first-order valence-corrected chi connectivity index (χ1v) is 7.46. The molecule has 2 aliphatic rings. The van der Waals surface area contributed by atoms with Crippen LogP contribution in [0.4, 0.5) is 0 Å². The third kappa shape index (κ3) is 3.25. The number of hydrogen-bond acceptors (Lipinski definition) is 3. The number of hydrogen-bond donors (Lipinski definition) is 1. The van der Waals surface area contributed by atoms with Gasteiger partial charge in [-0.3, -0.25) is 0 Å². The molecule has 0 aromatic carbocycles. The van der Waals surface area contributed by atoms with Crippen molar-refractivity contribution in [3.63, 3.8) is 0 Å². The van der Waals surface area contributed by atoms with Crippen molar-refractivity contribution in [2.24, 2.45) is 5.41 Å². The van der Waals surface area contributed by atoms with Crippen LogP contribution in [0.25, 0.3) is 0 Å². The summed E-state index contributed by atoms with van der Waals surface area (Å²) in [6.07, 6.45) is 6.97. The van der Waals surface area contributed by atoms with Gasteiger partial charge >= 0.3 is 0 Å². The number of methoxy groups -OCH3 is 1. The summed E-state index contributed by atoms with van der Waals surface area (Å²) in [5.41, 5.74) is 0.502. The summed E-state index contributed by atoms with van der Waals surface area (Å²) in [6, 6.07) is 1.16. The van der Waals surface area contributed by atoms with E-state index in [1.807, 2.05) is 0 Å². The maximum absolute atomic E-state index is 5.68. The number of rotatable bonds is 5. The van der Waals surface area contributed by atoms with E-state index in [4.69, 9.17) is 9.47 Å². The lowest BCUT2D eigenvalue weighted by Crippen LogP contribution is -2.62. The molecular weight excluding hydrogens is 226 g/mol. The van der Waals surface area contributed by atoms with Crippen molar-refractivity contribution in [3.8, 4) is 0 Å². The molecule has 2 saturated carbocycles. The van der Waals surface area contributed by atoms with Crippen molar-refractivity contribution in [1.29, 1.82) is 0 Å². The van der Waals surface area contributed by atoms with E-state index >= 15 is 0 Å².